The van der Waals surface area contributed by atoms with Crippen molar-refractivity contribution in [3.05, 3.63) is 18.0 Å². The molecule has 1 fully saturated rings. The number of rotatable bonds is 6. The third-order valence-corrected chi connectivity index (χ3v) is 3.06. The summed E-state index contributed by atoms with van der Waals surface area (Å²) in [4.78, 5) is 0. The van der Waals surface area contributed by atoms with Crippen molar-refractivity contribution in [2.75, 3.05) is 19.8 Å². The summed E-state index contributed by atoms with van der Waals surface area (Å²) in [7, 11) is 0. The number of hydrogen-bond donors (Lipinski definition) is 1. The fourth-order valence-corrected chi connectivity index (χ4v) is 2.03. The van der Waals surface area contributed by atoms with E-state index in [1.54, 1.807) is 0 Å². The molecular weight excluding hydrogens is 218 g/mol. The van der Waals surface area contributed by atoms with E-state index in [0.29, 0.717) is 13.2 Å². The normalized spacial score (nSPS) is 18.7. The van der Waals surface area contributed by atoms with Gasteiger partial charge in [0.15, 0.2) is 5.79 Å². The Labute approximate surface area is 102 Å². The lowest BCUT2D eigenvalue weighted by Crippen LogP contribution is -2.31. The molecule has 1 aromatic rings. The maximum atomic E-state index is 5.54. The second-order valence-electron chi connectivity index (χ2n) is 4.40. The minimum absolute atomic E-state index is 0.391. The van der Waals surface area contributed by atoms with Crippen LogP contribution in [0.15, 0.2) is 12.3 Å². The average molecular weight is 239 g/mol. The predicted octanol–water partition coefficient (Wildman–Crippen LogP) is 1.15. The molecule has 0 saturated carbocycles. The van der Waals surface area contributed by atoms with Crippen LogP contribution in [-0.4, -0.2) is 35.3 Å². The summed E-state index contributed by atoms with van der Waals surface area (Å²) >= 11 is 0. The van der Waals surface area contributed by atoms with Gasteiger partial charge in [-0.1, -0.05) is 0 Å². The van der Waals surface area contributed by atoms with Crippen LogP contribution in [0.2, 0.25) is 0 Å². The van der Waals surface area contributed by atoms with Crippen LogP contribution < -0.4 is 5.32 Å². The van der Waals surface area contributed by atoms with E-state index in [2.05, 4.69) is 17.3 Å². The smallest absolute Gasteiger partial charge is 0.166 e. The van der Waals surface area contributed by atoms with Gasteiger partial charge in [0.25, 0.3) is 0 Å². The van der Waals surface area contributed by atoms with Crippen molar-refractivity contribution < 1.29 is 9.47 Å². The Morgan fingerprint density at radius 1 is 1.47 bits per heavy atom. The number of aromatic nitrogens is 2. The van der Waals surface area contributed by atoms with Gasteiger partial charge in [0.1, 0.15) is 0 Å². The second-order valence-corrected chi connectivity index (χ2v) is 4.40. The van der Waals surface area contributed by atoms with E-state index < -0.39 is 5.79 Å². The zero-order chi connectivity index (χ0) is 12.1. The lowest BCUT2D eigenvalue weighted by Gasteiger charge is -2.22. The van der Waals surface area contributed by atoms with Gasteiger partial charge in [-0.25, -0.2) is 0 Å². The number of nitrogens with zero attached hydrogens (tertiary/aromatic N) is 2. The van der Waals surface area contributed by atoms with Crippen LogP contribution in [0.4, 0.5) is 0 Å². The monoisotopic (exact) mass is 239 g/mol. The number of hydrogen-bond acceptors (Lipinski definition) is 4. The highest BCUT2D eigenvalue weighted by Crippen LogP contribution is 2.21. The fraction of sp³-hybridized carbons (Fsp3) is 0.750. The lowest BCUT2D eigenvalue weighted by atomic mass is 10.2. The first kappa shape index (κ1) is 12.5. The van der Waals surface area contributed by atoms with E-state index in [0.717, 1.165) is 26.1 Å². The third-order valence-electron chi connectivity index (χ3n) is 3.06. The van der Waals surface area contributed by atoms with Crippen LogP contribution in [-0.2, 0) is 22.6 Å². The minimum atomic E-state index is -0.391. The van der Waals surface area contributed by atoms with Crippen molar-refractivity contribution in [3.63, 3.8) is 0 Å². The summed E-state index contributed by atoms with van der Waals surface area (Å²) in [5.74, 6) is -0.391. The summed E-state index contributed by atoms with van der Waals surface area (Å²) in [6.45, 7) is 8.14. The quantitative estimate of drug-likeness (QED) is 0.756. The molecule has 1 aromatic heterocycles. The molecule has 2 heterocycles. The van der Waals surface area contributed by atoms with Crippen molar-refractivity contribution in [2.45, 2.75) is 39.1 Å². The van der Waals surface area contributed by atoms with Crippen LogP contribution in [0.1, 0.15) is 26.0 Å². The fourth-order valence-electron chi connectivity index (χ4n) is 2.03. The second kappa shape index (κ2) is 5.62. The van der Waals surface area contributed by atoms with E-state index in [9.17, 15) is 0 Å². The molecule has 1 saturated heterocycles. The molecule has 0 aromatic carbocycles. The summed E-state index contributed by atoms with van der Waals surface area (Å²) in [5, 5.41) is 7.63. The van der Waals surface area contributed by atoms with Crippen molar-refractivity contribution in [1.82, 2.24) is 15.1 Å². The van der Waals surface area contributed by atoms with E-state index in [1.807, 2.05) is 23.9 Å². The molecule has 96 valence electrons. The van der Waals surface area contributed by atoms with Crippen LogP contribution in [0.25, 0.3) is 0 Å². The Kier molecular flexibility index (Phi) is 4.15. The Morgan fingerprint density at radius 2 is 2.24 bits per heavy atom. The van der Waals surface area contributed by atoms with Gasteiger partial charge in [0.05, 0.1) is 18.9 Å². The lowest BCUT2D eigenvalue weighted by molar-refractivity contribution is -0.145. The Hall–Kier alpha value is -0.910. The number of ether oxygens (including phenoxy) is 2. The zero-order valence-electron chi connectivity index (χ0n) is 10.6. The SMILES string of the molecule is CCn1nccc1CNCCC1(C)OCCO1. The van der Waals surface area contributed by atoms with Gasteiger partial charge < -0.3 is 14.8 Å². The van der Waals surface area contributed by atoms with Gasteiger partial charge in [-0.15, -0.1) is 0 Å². The molecule has 0 radical (unpaired) electrons. The van der Waals surface area contributed by atoms with Gasteiger partial charge in [-0.3, -0.25) is 4.68 Å². The maximum Gasteiger partial charge on any atom is 0.166 e. The summed E-state index contributed by atoms with van der Waals surface area (Å²) < 4.78 is 13.1. The first-order valence-corrected chi connectivity index (χ1v) is 6.23. The molecule has 1 aliphatic rings. The van der Waals surface area contributed by atoms with Crippen molar-refractivity contribution >= 4 is 0 Å². The third kappa shape index (κ3) is 3.28. The molecule has 0 amide bonds. The molecule has 0 bridgehead atoms. The van der Waals surface area contributed by atoms with Gasteiger partial charge in [-0.2, -0.15) is 5.10 Å². The maximum absolute atomic E-state index is 5.54. The molecule has 5 heteroatoms. The minimum Gasteiger partial charge on any atom is -0.348 e. The molecule has 1 N–H and O–H groups in total. The van der Waals surface area contributed by atoms with Crippen LogP contribution in [0, 0.1) is 0 Å². The van der Waals surface area contributed by atoms with E-state index in [-0.39, 0.29) is 0 Å². The highest BCUT2D eigenvalue weighted by atomic mass is 16.7. The molecule has 5 nitrogen and oxygen atoms in total. The van der Waals surface area contributed by atoms with Gasteiger partial charge in [0.2, 0.25) is 0 Å². The molecule has 2 rings (SSSR count). The van der Waals surface area contributed by atoms with E-state index in [1.165, 1.54) is 5.69 Å². The first-order chi connectivity index (χ1) is 8.23. The number of aryl methyl sites for hydroxylation is 1. The highest BCUT2D eigenvalue weighted by Gasteiger charge is 2.29. The van der Waals surface area contributed by atoms with Crippen LogP contribution in [0.5, 0.6) is 0 Å². The van der Waals surface area contributed by atoms with E-state index in [4.69, 9.17) is 9.47 Å². The summed E-state index contributed by atoms with van der Waals surface area (Å²) in [5.41, 5.74) is 1.21. The number of nitrogens with one attached hydrogen (secondary N) is 1. The van der Waals surface area contributed by atoms with E-state index >= 15 is 0 Å². The van der Waals surface area contributed by atoms with Crippen LogP contribution in [0.3, 0.4) is 0 Å². The average Bonchev–Trinajstić information content (AvgIpc) is 2.94. The molecule has 1 aliphatic heterocycles. The molecule has 0 unspecified atom stereocenters. The van der Waals surface area contributed by atoms with Gasteiger partial charge in [0, 0.05) is 32.3 Å². The largest absolute Gasteiger partial charge is 0.348 e. The topological polar surface area (TPSA) is 48.3 Å². The Balaban J connectivity index is 1.69. The van der Waals surface area contributed by atoms with Crippen molar-refractivity contribution in [3.8, 4) is 0 Å². The molecule has 0 spiro atoms. The predicted molar refractivity (Wildman–Crippen MR) is 64.5 cm³/mol. The van der Waals surface area contributed by atoms with Crippen LogP contribution >= 0.6 is 0 Å². The molecule has 0 aliphatic carbocycles. The molecule has 0 atom stereocenters. The standard InChI is InChI=1S/C12H21N3O2/c1-3-15-11(4-6-14-15)10-13-7-5-12(2)16-8-9-17-12/h4,6,13H,3,5,7-10H2,1-2H3. The van der Waals surface area contributed by atoms with Gasteiger partial charge >= 0.3 is 0 Å². The highest BCUT2D eigenvalue weighted by molar-refractivity contribution is 4.99. The first-order valence-electron chi connectivity index (χ1n) is 6.23. The Bertz CT molecular complexity index is 345. The molecule has 17 heavy (non-hydrogen) atoms. The summed E-state index contributed by atoms with van der Waals surface area (Å²) in [6.07, 6.45) is 2.71. The van der Waals surface area contributed by atoms with Crippen molar-refractivity contribution in [1.29, 1.82) is 0 Å². The molecular formula is C12H21N3O2. The Morgan fingerprint density at radius 3 is 2.94 bits per heavy atom. The van der Waals surface area contributed by atoms with Gasteiger partial charge in [-0.05, 0) is 19.9 Å². The zero-order valence-corrected chi connectivity index (χ0v) is 10.6. The van der Waals surface area contributed by atoms with Crippen molar-refractivity contribution in [2.24, 2.45) is 0 Å². The summed E-state index contributed by atoms with van der Waals surface area (Å²) in [6, 6.07) is 2.04.